The number of benzene rings is 1. The van der Waals surface area contributed by atoms with Crippen molar-refractivity contribution >= 4 is 29.9 Å². The second-order valence-corrected chi connectivity index (χ2v) is 5.67. The highest BCUT2D eigenvalue weighted by molar-refractivity contribution is 14.0. The van der Waals surface area contributed by atoms with Crippen LogP contribution in [0.4, 0.5) is 0 Å². The molecule has 0 aliphatic rings. The van der Waals surface area contributed by atoms with Gasteiger partial charge in [-0.05, 0) is 18.6 Å². The van der Waals surface area contributed by atoms with Crippen LogP contribution in [0.3, 0.4) is 0 Å². The number of rotatable bonds is 10. The van der Waals surface area contributed by atoms with Crippen molar-refractivity contribution in [2.75, 3.05) is 34.0 Å². The number of guanidine groups is 1. The van der Waals surface area contributed by atoms with E-state index in [1.807, 2.05) is 43.3 Å². The summed E-state index contributed by atoms with van der Waals surface area (Å²) in [5.74, 6) is 2.18. The molecule has 0 amide bonds. The summed E-state index contributed by atoms with van der Waals surface area (Å²) in [4.78, 5) is 8.54. The number of aliphatic imine (C=N–C) groups is 1. The molecule has 154 valence electrons. The molecule has 0 atom stereocenters. The van der Waals surface area contributed by atoms with Gasteiger partial charge in [0.05, 0.1) is 13.2 Å². The average Bonchev–Trinajstić information content (AvgIpc) is 2.70. The Balaban J connectivity index is 0.00000392. The maximum absolute atomic E-state index is 5.65. The van der Waals surface area contributed by atoms with E-state index in [0.717, 1.165) is 16.9 Å². The lowest BCUT2D eigenvalue weighted by atomic mass is 10.2. The quantitative estimate of drug-likeness (QED) is 0.226. The van der Waals surface area contributed by atoms with Gasteiger partial charge >= 0.3 is 0 Å². The maximum Gasteiger partial charge on any atom is 0.213 e. The van der Waals surface area contributed by atoms with Gasteiger partial charge in [0.2, 0.25) is 5.88 Å². The van der Waals surface area contributed by atoms with Crippen LogP contribution in [0.25, 0.3) is 0 Å². The van der Waals surface area contributed by atoms with Crippen molar-refractivity contribution in [2.45, 2.75) is 20.0 Å². The summed E-state index contributed by atoms with van der Waals surface area (Å²) in [7, 11) is 3.39. The Morgan fingerprint density at radius 3 is 2.50 bits per heavy atom. The van der Waals surface area contributed by atoms with E-state index in [9.17, 15) is 0 Å². The Hall–Kier alpha value is -2.07. The molecule has 0 fully saturated rings. The van der Waals surface area contributed by atoms with Crippen molar-refractivity contribution in [1.29, 1.82) is 0 Å². The van der Waals surface area contributed by atoms with Crippen LogP contribution in [0, 0.1) is 0 Å². The molecule has 1 aromatic heterocycles. The fourth-order valence-electron chi connectivity index (χ4n) is 2.36. The van der Waals surface area contributed by atoms with Crippen LogP contribution in [0.5, 0.6) is 11.6 Å². The zero-order chi connectivity index (χ0) is 19.3. The number of para-hydroxylation sites is 1. The normalized spacial score (nSPS) is 10.8. The van der Waals surface area contributed by atoms with E-state index >= 15 is 0 Å². The monoisotopic (exact) mass is 500 g/mol. The second-order valence-electron chi connectivity index (χ2n) is 5.67. The Morgan fingerprint density at radius 1 is 1.04 bits per heavy atom. The van der Waals surface area contributed by atoms with Gasteiger partial charge in [0.25, 0.3) is 0 Å². The largest absolute Gasteiger partial charge is 0.494 e. The topological polar surface area (TPSA) is 77.0 Å². The number of hydrogen-bond acceptors (Lipinski definition) is 5. The summed E-state index contributed by atoms with van der Waals surface area (Å²) in [6.45, 7) is 4.88. The molecule has 2 N–H and O–H groups in total. The first kappa shape index (κ1) is 24.0. The molecule has 1 aromatic carbocycles. The molecule has 7 nitrogen and oxygen atoms in total. The van der Waals surface area contributed by atoms with Crippen molar-refractivity contribution in [3.05, 3.63) is 53.7 Å². The van der Waals surface area contributed by atoms with E-state index in [0.29, 0.717) is 44.7 Å². The number of aromatic nitrogens is 1. The first-order valence-electron chi connectivity index (χ1n) is 8.98. The summed E-state index contributed by atoms with van der Waals surface area (Å²) in [5, 5.41) is 6.58. The van der Waals surface area contributed by atoms with E-state index in [-0.39, 0.29) is 24.0 Å². The molecule has 0 aliphatic heterocycles. The molecule has 0 saturated carbocycles. The highest BCUT2D eigenvalue weighted by Gasteiger charge is 2.04. The molecule has 2 aromatic rings. The third-order valence-electron chi connectivity index (χ3n) is 3.74. The van der Waals surface area contributed by atoms with Crippen LogP contribution in [0.2, 0.25) is 0 Å². The first-order valence-corrected chi connectivity index (χ1v) is 8.98. The Labute approximate surface area is 183 Å². The Bertz CT molecular complexity index is 711. The van der Waals surface area contributed by atoms with Gasteiger partial charge in [-0.25, -0.2) is 4.98 Å². The molecule has 8 heteroatoms. The van der Waals surface area contributed by atoms with Gasteiger partial charge < -0.3 is 24.8 Å². The average molecular weight is 500 g/mol. The highest BCUT2D eigenvalue weighted by atomic mass is 127. The molecule has 1 heterocycles. The summed E-state index contributed by atoms with van der Waals surface area (Å²) >= 11 is 0. The number of nitrogens with zero attached hydrogens (tertiary/aromatic N) is 2. The van der Waals surface area contributed by atoms with Gasteiger partial charge in [0.1, 0.15) is 12.4 Å². The number of ether oxygens (including phenoxy) is 3. The molecule has 0 unspecified atom stereocenters. The van der Waals surface area contributed by atoms with Crippen molar-refractivity contribution in [3.8, 4) is 11.6 Å². The molecule has 0 radical (unpaired) electrons. The zero-order valence-corrected chi connectivity index (χ0v) is 18.9. The summed E-state index contributed by atoms with van der Waals surface area (Å²) in [5.41, 5.74) is 2.12. The fourth-order valence-corrected chi connectivity index (χ4v) is 2.36. The van der Waals surface area contributed by atoms with Crippen LogP contribution in [-0.4, -0.2) is 44.9 Å². The van der Waals surface area contributed by atoms with Crippen LogP contribution in [-0.2, 0) is 17.8 Å². The van der Waals surface area contributed by atoms with Crippen LogP contribution in [0.1, 0.15) is 18.1 Å². The third kappa shape index (κ3) is 8.30. The minimum absolute atomic E-state index is 0. The smallest absolute Gasteiger partial charge is 0.213 e. The lowest BCUT2D eigenvalue weighted by Gasteiger charge is -2.14. The number of hydrogen-bond donors (Lipinski definition) is 2. The van der Waals surface area contributed by atoms with Gasteiger partial charge in [0.15, 0.2) is 5.96 Å². The predicted molar refractivity (Wildman–Crippen MR) is 122 cm³/mol. The Morgan fingerprint density at radius 2 is 1.82 bits per heavy atom. The molecular formula is C20H29IN4O3. The van der Waals surface area contributed by atoms with Crippen LogP contribution < -0.4 is 20.1 Å². The lowest BCUT2D eigenvalue weighted by molar-refractivity contribution is 0.143. The van der Waals surface area contributed by atoms with Crippen molar-refractivity contribution in [1.82, 2.24) is 15.6 Å². The first-order chi connectivity index (χ1) is 13.3. The SMILES string of the molecule is CCOc1ccccc1CNC(=NC)NCc1ccc(OCCOC)nc1.I. The predicted octanol–water partition coefficient (Wildman–Crippen LogP) is 2.99. The summed E-state index contributed by atoms with van der Waals surface area (Å²) in [6, 6.07) is 11.8. The summed E-state index contributed by atoms with van der Waals surface area (Å²) < 4.78 is 16.1. The number of nitrogens with one attached hydrogen (secondary N) is 2. The van der Waals surface area contributed by atoms with E-state index < -0.39 is 0 Å². The van der Waals surface area contributed by atoms with Crippen molar-refractivity contribution in [3.63, 3.8) is 0 Å². The molecular weight excluding hydrogens is 471 g/mol. The fraction of sp³-hybridized carbons (Fsp3) is 0.400. The standard InChI is InChI=1S/C20H28N4O3.HI/c1-4-26-18-8-6-5-7-17(18)15-24-20(21-2)23-14-16-9-10-19(22-13-16)27-12-11-25-3;/h5-10,13H,4,11-12,14-15H2,1-3H3,(H2,21,23,24);1H. The molecule has 0 spiro atoms. The summed E-state index contributed by atoms with van der Waals surface area (Å²) in [6.07, 6.45) is 1.78. The third-order valence-corrected chi connectivity index (χ3v) is 3.74. The highest BCUT2D eigenvalue weighted by Crippen LogP contribution is 2.17. The van der Waals surface area contributed by atoms with E-state index in [1.165, 1.54) is 0 Å². The number of methoxy groups -OCH3 is 1. The van der Waals surface area contributed by atoms with Gasteiger partial charge in [0, 0.05) is 45.1 Å². The maximum atomic E-state index is 5.65. The van der Waals surface area contributed by atoms with Crippen molar-refractivity contribution < 1.29 is 14.2 Å². The van der Waals surface area contributed by atoms with Crippen LogP contribution >= 0.6 is 24.0 Å². The Kier molecular flexibility index (Phi) is 12.0. The van der Waals surface area contributed by atoms with Crippen molar-refractivity contribution in [2.24, 2.45) is 4.99 Å². The molecule has 28 heavy (non-hydrogen) atoms. The van der Waals surface area contributed by atoms with Gasteiger partial charge in [-0.15, -0.1) is 24.0 Å². The van der Waals surface area contributed by atoms with Crippen LogP contribution in [0.15, 0.2) is 47.6 Å². The lowest BCUT2D eigenvalue weighted by Crippen LogP contribution is -2.36. The number of halogens is 1. The van der Waals surface area contributed by atoms with Gasteiger partial charge in [-0.1, -0.05) is 24.3 Å². The molecule has 0 bridgehead atoms. The minimum atomic E-state index is 0. The van der Waals surface area contributed by atoms with Gasteiger partial charge in [-0.2, -0.15) is 0 Å². The zero-order valence-electron chi connectivity index (χ0n) is 16.6. The van der Waals surface area contributed by atoms with E-state index in [1.54, 1.807) is 20.4 Å². The number of pyridine rings is 1. The molecule has 2 rings (SSSR count). The molecule has 0 aliphatic carbocycles. The minimum Gasteiger partial charge on any atom is -0.494 e. The second kappa shape index (κ2) is 14.0. The van der Waals surface area contributed by atoms with E-state index in [2.05, 4.69) is 20.6 Å². The van der Waals surface area contributed by atoms with Gasteiger partial charge in [-0.3, -0.25) is 4.99 Å². The van der Waals surface area contributed by atoms with E-state index in [4.69, 9.17) is 14.2 Å². The molecule has 0 saturated heterocycles.